The van der Waals surface area contributed by atoms with Gasteiger partial charge in [0.1, 0.15) is 18.1 Å². The summed E-state index contributed by atoms with van der Waals surface area (Å²) in [7, 11) is 1.45. The third-order valence-electron chi connectivity index (χ3n) is 3.83. The third kappa shape index (κ3) is 5.32. The topological polar surface area (TPSA) is 112 Å². The number of methoxy groups -OCH3 is 1. The molecule has 9 heteroatoms. The first-order valence-electron chi connectivity index (χ1n) is 8.78. The standard InChI is InChI=1S/C19H24N4O5/c1-12(2)23-16(9-10-21-23)22-18(25)13(3)28-17(24)11-20-19(26)14-7-5-6-8-15(14)27-4/h5-10,12-13H,11H2,1-4H3,(H,20,26)(H,22,25)/t13-/m0/s1. The number of hydrogen-bond acceptors (Lipinski definition) is 6. The van der Waals surface area contributed by atoms with Crippen molar-refractivity contribution in [2.45, 2.75) is 32.9 Å². The Morgan fingerprint density at radius 3 is 2.54 bits per heavy atom. The van der Waals surface area contributed by atoms with E-state index in [1.807, 2.05) is 13.8 Å². The molecule has 0 radical (unpaired) electrons. The second kappa shape index (κ2) is 9.54. The molecule has 0 saturated carbocycles. The molecule has 2 amide bonds. The predicted molar refractivity (Wildman–Crippen MR) is 102 cm³/mol. The lowest BCUT2D eigenvalue weighted by atomic mass is 10.2. The normalized spacial score (nSPS) is 11.6. The van der Waals surface area contributed by atoms with Crippen LogP contribution in [0.4, 0.5) is 5.82 Å². The maximum absolute atomic E-state index is 12.2. The fourth-order valence-electron chi connectivity index (χ4n) is 2.42. The largest absolute Gasteiger partial charge is 0.496 e. The Labute approximate surface area is 163 Å². The van der Waals surface area contributed by atoms with Gasteiger partial charge in [-0.2, -0.15) is 5.10 Å². The highest BCUT2D eigenvalue weighted by Crippen LogP contribution is 2.17. The molecular formula is C19H24N4O5. The molecule has 1 aromatic heterocycles. The molecule has 0 unspecified atom stereocenters. The summed E-state index contributed by atoms with van der Waals surface area (Å²) in [5.74, 6) is -0.808. The van der Waals surface area contributed by atoms with Crippen LogP contribution < -0.4 is 15.4 Å². The maximum atomic E-state index is 12.2. The Kier molecular flexibility index (Phi) is 7.14. The highest BCUT2D eigenvalue weighted by atomic mass is 16.5. The van der Waals surface area contributed by atoms with Gasteiger partial charge < -0.3 is 20.1 Å². The van der Waals surface area contributed by atoms with Crippen molar-refractivity contribution in [3.05, 3.63) is 42.1 Å². The fraction of sp³-hybridized carbons (Fsp3) is 0.368. The van der Waals surface area contributed by atoms with E-state index < -0.39 is 23.9 Å². The van der Waals surface area contributed by atoms with Crippen molar-refractivity contribution in [2.75, 3.05) is 19.0 Å². The van der Waals surface area contributed by atoms with Crippen LogP contribution in [0.5, 0.6) is 5.75 Å². The molecule has 28 heavy (non-hydrogen) atoms. The molecule has 0 fully saturated rings. The van der Waals surface area contributed by atoms with Crippen molar-refractivity contribution in [1.29, 1.82) is 0 Å². The lowest BCUT2D eigenvalue weighted by Gasteiger charge is -2.16. The van der Waals surface area contributed by atoms with Gasteiger partial charge >= 0.3 is 5.97 Å². The number of para-hydroxylation sites is 1. The highest BCUT2D eigenvalue weighted by molar-refractivity contribution is 5.99. The van der Waals surface area contributed by atoms with Crippen molar-refractivity contribution < 1.29 is 23.9 Å². The Bertz CT molecular complexity index is 846. The van der Waals surface area contributed by atoms with Gasteiger partial charge in [-0.05, 0) is 32.9 Å². The zero-order valence-corrected chi connectivity index (χ0v) is 16.3. The predicted octanol–water partition coefficient (Wildman–Crippen LogP) is 1.77. The van der Waals surface area contributed by atoms with E-state index in [4.69, 9.17) is 9.47 Å². The van der Waals surface area contributed by atoms with Gasteiger partial charge in [0.2, 0.25) is 0 Å². The number of nitrogens with zero attached hydrogens (tertiary/aromatic N) is 2. The van der Waals surface area contributed by atoms with Gasteiger partial charge in [0.05, 0.1) is 18.9 Å². The minimum atomic E-state index is -1.04. The lowest BCUT2D eigenvalue weighted by molar-refractivity contribution is -0.152. The molecule has 2 N–H and O–H groups in total. The van der Waals surface area contributed by atoms with Crippen LogP contribution in [0.2, 0.25) is 0 Å². The van der Waals surface area contributed by atoms with Crippen LogP contribution in [-0.2, 0) is 14.3 Å². The van der Waals surface area contributed by atoms with Crippen LogP contribution in [-0.4, -0.2) is 47.3 Å². The van der Waals surface area contributed by atoms with Crippen molar-refractivity contribution in [1.82, 2.24) is 15.1 Å². The van der Waals surface area contributed by atoms with E-state index in [1.54, 1.807) is 41.2 Å². The molecular weight excluding hydrogens is 364 g/mol. The number of rotatable bonds is 8. The van der Waals surface area contributed by atoms with E-state index >= 15 is 0 Å². The summed E-state index contributed by atoms with van der Waals surface area (Å²) in [6, 6.07) is 8.35. The number of anilines is 1. The molecule has 0 saturated heterocycles. The van der Waals surface area contributed by atoms with Crippen LogP contribution in [0.3, 0.4) is 0 Å². The van der Waals surface area contributed by atoms with Crippen LogP contribution in [0.25, 0.3) is 0 Å². The minimum absolute atomic E-state index is 0.0633. The first kappa shape index (κ1) is 20.9. The van der Waals surface area contributed by atoms with Crippen molar-refractivity contribution >= 4 is 23.6 Å². The van der Waals surface area contributed by atoms with E-state index in [1.165, 1.54) is 14.0 Å². The monoisotopic (exact) mass is 388 g/mol. The molecule has 0 aliphatic carbocycles. The van der Waals surface area contributed by atoms with Gasteiger partial charge in [-0.1, -0.05) is 12.1 Å². The number of ether oxygens (including phenoxy) is 2. The van der Waals surface area contributed by atoms with E-state index in [-0.39, 0.29) is 12.6 Å². The van der Waals surface area contributed by atoms with Gasteiger partial charge in [-0.25, -0.2) is 4.68 Å². The second-order valence-corrected chi connectivity index (χ2v) is 6.26. The average molecular weight is 388 g/mol. The van der Waals surface area contributed by atoms with Crippen LogP contribution in [0.15, 0.2) is 36.5 Å². The van der Waals surface area contributed by atoms with Crippen LogP contribution in [0.1, 0.15) is 37.2 Å². The lowest BCUT2D eigenvalue weighted by Crippen LogP contribution is -2.36. The Morgan fingerprint density at radius 1 is 1.14 bits per heavy atom. The maximum Gasteiger partial charge on any atom is 0.326 e. The average Bonchev–Trinajstić information content (AvgIpc) is 3.14. The molecule has 9 nitrogen and oxygen atoms in total. The van der Waals surface area contributed by atoms with Crippen molar-refractivity contribution in [3.63, 3.8) is 0 Å². The van der Waals surface area contributed by atoms with Gasteiger partial charge in [-0.15, -0.1) is 0 Å². The minimum Gasteiger partial charge on any atom is -0.496 e. The quantitative estimate of drug-likeness (QED) is 0.667. The zero-order valence-electron chi connectivity index (χ0n) is 16.3. The summed E-state index contributed by atoms with van der Waals surface area (Å²) in [4.78, 5) is 36.4. The smallest absolute Gasteiger partial charge is 0.326 e. The Hall–Kier alpha value is -3.36. The van der Waals surface area contributed by atoms with Crippen molar-refractivity contribution in [2.24, 2.45) is 0 Å². The Balaban J connectivity index is 1.85. The highest BCUT2D eigenvalue weighted by Gasteiger charge is 2.20. The number of esters is 1. The van der Waals surface area contributed by atoms with Crippen LogP contribution in [0, 0.1) is 0 Å². The summed E-state index contributed by atoms with van der Waals surface area (Å²) in [5.41, 5.74) is 0.297. The molecule has 2 rings (SSSR count). The third-order valence-corrected chi connectivity index (χ3v) is 3.83. The number of carbonyl (C=O) groups excluding carboxylic acids is 3. The molecule has 0 aliphatic rings. The van der Waals surface area contributed by atoms with E-state index in [2.05, 4.69) is 15.7 Å². The molecule has 1 aromatic carbocycles. The molecule has 2 aromatic rings. The number of aromatic nitrogens is 2. The van der Waals surface area contributed by atoms with E-state index in [0.29, 0.717) is 17.1 Å². The molecule has 1 heterocycles. The van der Waals surface area contributed by atoms with Crippen molar-refractivity contribution in [3.8, 4) is 5.75 Å². The summed E-state index contributed by atoms with van der Waals surface area (Å²) >= 11 is 0. The molecule has 0 bridgehead atoms. The number of amides is 2. The molecule has 0 spiro atoms. The van der Waals surface area contributed by atoms with Gasteiger partial charge in [0.25, 0.3) is 11.8 Å². The van der Waals surface area contributed by atoms with Gasteiger partial charge in [-0.3, -0.25) is 14.4 Å². The van der Waals surface area contributed by atoms with Crippen LogP contribution >= 0.6 is 0 Å². The van der Waals surface area contributed by atoms with Gasteiger partial charge in [0, 0.05) is 12.1 Å². The van der Waals surface area contributed by atoms with Gasteiger partial charge in [0.15, 0.2) is 6.10 Å². The van der Waals surface area contributed by atoms with E-state index in [9.17, 15) is 14.4 Å². The summed E-state index contributed by atoms with van der Waals surface area (Å²) in [6.07, 6.45) is 0.533. The number of carbonyl (C=O) groups is 3. The Morgan fingerprint density at radius 2 is 1.86 bits per heavy atom. The summed E-state index contributed by atoms with van der Waals surface area (Å²) in [5, 5.41) is 9.23. The SMILES string of the molecule is COc1ccccc1C(=O)NCC(=O)O[C@@H](C)C(=O)Nc1ccnn1C(C)C. The summed E-state index contributed by atoms with van der Waals surface area (Å²) in [6.45, 7) is 4.93. The summed E-state index contributed by atoms with van der Waals surface area (Å²) < 4.78 is 11.8. The first-order chi connectivity index (χ1) is 13.3. The number of hydrogen-bond donors (Lipinski definition) is 2. The second-order valence-electron chi connectivity index (χ2n) is 6.26. The number of nitrogens with one attached hydrogen (secondary N) is 2. The molecule has 0 aliphatic heterocycles. The molecule has 150 valence electrons. The molecule has 1 atom stereocenters. The zero-order chi connectivity index (χ0) is 20.7. The van der Waals surface area contributed by atoms with E-state index in [0.717, 1.165) is 0 Å². The number of benzene rings is 1. The first-order valence-corrected chi connectivity index (χ1v) is 8.78. The fourth-order valence-corrected chi connectivity index (χ4v) is 2.42.